The molecular weight excluding hydrogens is 214 g/mol. The normalized spacial score (nSPS) is 12.5. The first-order chi connectivity index (χ1) is 7.97. The Labute approximate surface area is 103 Å². The summed E-state index contributed by atoms with van der Waals surface area (Å²) in [5.74, 6) is 0.256. The predicted octanol–water partition coefficient (Wildman–Crippen LogP) is 2.87. The molecule has 1 amide bonds. The number of carbonyl (C=O) groups excluding carboxylic acids is 1. The van der Waals surface area contributed by atoms with E-state index in [1.807, 2.05) is 6.92 Å². The number of hydrogen-bond acceptors (Lipinski definition) is 2. The van der Waals surface area contributed by atoms with Crippen molar-refractivity contribution in [2.75, 3.05) is 0 Å². The summed E-state index contributed by atoms with van der Waals surface area (Å²) in [5, 5.41) is 12.8. The van der Waals surface area contributed by atoms with E-state index in [1.165, 1.54) is 0 Å². The molecule has 0 aromatic heterocycles. The molecule has 1 rings (SSSR count). The van der Waals surface area contributed by atoms with Crippen LogP contribution >= 0.6 is 0 Å². The second-order valence-electron chi connectivity index (χ2n) is 4.70. The van der Waals surface area contributed by atoms with Gasteiger partial charge in [0.05, 0.1) is 5.56 Å². The molecule has 3 heteroatoms. The van der Waals surface area contributed by atoms with Crippen molar-refractivity contribution in [3.05, 3.63) is 29.3 Å². The van der Waals surface area contributed by atoms with Gasteiger partial charge in [-0.1, -0.05) is 32.9 Å². The van der Waals surface area contributed by atoms with Crippen LogP contribution in [-0.4, -0.2) is 17.1 Å². The van der Waals surface area contributed by atoms with Crippen molar-refractivity contribution in [2.45, 2.75) is 40.2 Å². The number of nitrogens with one attached hydrogen (secondary N) is 1. The highest BCUT2D eigenvalue weighted by Gasteiger charge is 2.17. The molecule has 1 unspecified atom stereocenters. The fourth-order valence-electron chi connectivity index (χ4n) is 1.83. The molecule has 1 aromatic carbocycles. The maximum atomic E-state index is 12.0. The molecule has 0 saturated carbocycles. The topological polar surface area (TPSA) is 49.3 Å². The van der Waals surface area contributed by atoms with Gasteiger partial charge < -0.3 is 10.4 Å². The lowest BCUT2D eigenvalue weighted by molar-refractivity contribution is 0.0922. The van der Waals surface area contributed by atoms with E-state index < -0.39 is 0 Å². The van der Waals surface area contributed by atoms with Crippen molar-refractivity contribution < 1.29 is 9.90 Å². The van der Waals surface area contributed by atoms with Crippen LogP contribution in [0.3, 0.4) is 0 Å². The number of aryl methyl sites for hydroxylation is 1. The van der Waals surface area contributed by atoms with Gasteiger partial charge in [0.25, 0.3) is 5.91 Å². The third-order valence-corrected chi connectivity index (χ3v) is 3.04. The van der Waals surface area contributed by atoms with Crippen LogP contribution in [-0.2, 0) is 0 Å². The Hall–Kier alpha value is -1.51. The van der Waals surface area contributed by atoms with Crippen molar-refractivity contribution >= 4 is 5.91 Å². The zero-order chi connectivity index (χ0) is 13.0. The van der Waals surface area contributed by atoms with E-state index in [2.05, 4.69) is 19.2 Å². The van der Waals surface area contributed by atoms with Crippen LogP contribution in [0.2, 0.25) is 0 Å². The molecule has 0 aliphatic heterocycles. The molecular formula is C14H21NO2. The lowest BCUT2D eigenvalue weighted by Crippen LogP contribution is -2.38. The molecule has 0 bridgehead atoms. The Morgan fingerprint density at radius 3 is 2.59 bits per heavy atom. The third kappa shape index (κ3) is 3.22. The second kappa shape index (κ2) is 5.71. The first-order valence-corrected chi connectivity index (χ1v) is 6.06. The summed E-state index contributed by atoms with van der Waals surface area (Å²) in [4.78, 5) is 12.0. The monoisotopic (exact) mass is 235 g/mol. The van der Waals surface area contributed by atoms with E-state index in [4.69, 9.17) is 0 Å². The molecule has 0 aliphatic rings. The molecule has 0 radical (unpaired) electrons. The molecule has 3 nitrogen and oxygen atoms in total. The molecule has 2 N–H and O–H groups in total. The summed E-state index contributed by atoms with van der Waals surface area (Å²) in [6, 6.07) is 5.35. The SMILES string of the molecule is CCC(NC(=O)c1cccc(C)c1O)C(C)C. The number of phenols is 1. The van der Waals surface area contributed by atoms with E-state index in [0.29, 0.717) is 11.5 Å². The summed E-state index contributed by atoms with van der Waals surface area (Å²) in [5.41, 5.74) is 1.07. The van der Waals surface area contributed by atoms with Crippen LogP contribution in [0.4, 0.5) is 0 Å². The molecule has 0 fully saturated rings. The zero-order valence-corrected chi connectivity index (χ0v) is 10.9. The number of hydrogen-bond donors (Lipinski definition) is 2. The fraction of sp³-hybridized carbons (Fsp3) is 0.500. The highest BCUT2D eigenvalue weighted by molar-refractivity contribution is 5.97. The summed E-state index contributed by atoms with van der Waals surface area (Å²) < 4.78 is 0. The quantitative estimate of drug-likeness (QED) is 0.843. The molecule has 0 saturated heterocycles. The largest absolute Gasteiger partial charge is 0.507 e. The smallest absolute Gasteiger partial charge is 0.255 e. The van der Waals surface area contributed by atoms with Gasteiger partial charge in [0.1, 0.15) is 5.75 Å². The minimum atomic E-state index is -0.202. The second-order valence-corrected chi connectivity index (χ2v) is 4.70. The highest BCUT2D eigenvalue weighted by Crippen LogP contribution is 2.21. The minimum absolute atomic E-state index is 0.0728. The van der Waals surface area contributed by atoms with Crippen LogP contribution in [0, 0.1) is 12.8 Å². The van der Waals surface area contributed by atoms with E-state index in [0.717, 1.165) is 12.0 Å². The summed E-state index contributed by atoms with van der Waals surface area (Å²) >= 11 is 0. The van der Waals surface area contributed by atoms with Gasteiger partial charge in [-0.15, -0.1) is 0 Å². The van der Waals surface area contributed by atoms with Crippen LogP contribution in [0.25, 0.3) is 0 Å². The zero-order valence-electron chi connectivity index (χ0n) is 10.9. The molecule has 94 valence electrons. The van der Waals surface area contributed by atoms with Crippen LogP contribution in [0.15, 0.2) is 18.2 Å². The maximum absolute atomic E-state index is 12.0. The average molecular weight is 235 g/mol. The van der Waals surface area contributed by atoms with Crippen molar-refractivity contribution in [1.29, 1.82) is 0 Å². The molecule has 1 aromatic rings. The first-order valence-electron chi connectivity index (χ1n) is 6.06. The summed E-state index contributed by atoms with van der Waals surface area (Å²) in [6.45, 7) is 7.97. The van der Waals surface area contributed by atoms with E-state index in [9.17, 15) is 9.90 Å². The number of benzene rings is 1. The Kier molecular flexibility index (Phi) is 4.55. The lowest BCUT2D eigenvalue weighted by Gasteiger charge is -2.21. The Morgan fingerprint density at radius 1 is 1.41 bits per heavy atom. The predicted molar refractivity (Wildman–Crippen MR) is 69.2 cm³/mol. The number of carbonyl (C=O) groups is 1. The Morgan fingerprint density at radius 2 is 2.06 bits per heavy atom. The van der Waals surface area contributed by atoms with Gasteiger partial charge in [-0.3, -0.25) is 4.79 Å². The third-order valence-electron chi connectivity index (χ3n) is 3.04. The van der Waals surface area contributed by atoms with E-state index >= 15 is 0 Å². The number of phenolic OH excluding ortho intramolecular Hbond substituents is 1. The molecule has 0 aliphatic carbocycles. The molecule has 17 heavy (non-hydrogen) atoms. The summed E-state index contributed by atoms with van der Waals surface area (Å²) in [6.07, 6.45) is 0.885. The Balaban J connectivity index is 2.86. The number of rotatable bonds is 4. The molecule has 0 heterocycles. The van der Waals surface area contributed by atoms with Crippen molar-refractivity contribution in [3.8, 4) is 5.75 Å². The lowest BCUT2D eigenvalue weighted by atomic mass is 10.0. The minimum Gasteiger partial charge on any atom is -0.507 e. The standard InChI is InChI=1S/C14H21NO2/c1-5-12(9(2)3)15-14(17)11-8-6-7-10(4)13(11)16/h6-9,12,16H,5H2,1-4H3,(H,15,17). The van der Waals surface area contributed by atoms with Gasteiger partial charge in [-0.05, 0) is 30.9 Å². The van der Waals surface area contributed by atoms with Crippen LogP contribution in [0.1, 0.15) is 43.1 Å². The number of amides is 1. The fourth-order valence-corrected chi connectivity index (χ4v) is 1.83. The van der Waals surface area contributed by atoms with Crippen LogP contribution < -0.4 is 5.32 Å². The van der Waals surface area contributed by atoms with Gasteiger partial charge in [0, 0.05) is 6.04 Å². The van der Waals surface area contributed by atoms with Gasteiger partial charge in [0.2, 0.25) is 0 Å². The van der Waals surface area contributed by atoms with Gasteiger partial charge in [-0.2, -0.15) is 0 Å². The van der Waals surface area contributed by atoms with Crippen molar-refractivity contribution in [1.82, 2.24) is 5.32 Å². The Bertz CT molecular complexity index is 399. The van der Waals surface area contributed by atoms with Gasteiger partial charge in [0.15, 0.2) is 0 Å². The van der Waals surface area contributed by atoms with E-state index in [-0.39, 0.29) is 17.7 Å². The average Bonchev–Trinajstić information content (AvgIpc) is 2.28. The summed E-state index contributed by atoms with van der Waals surface area (Å²) in [7, 11) is 0. The van der Waals surface area contributed by atoms with Gasteiger partial charge in [-0.25, -0.2) is 0 Å². The molecule has 0 spiro atoms. The maximum Gasteiger partial charge on any atom is 0.255 e. The van der Waals surface area contributed by atoms with Crippen molar-refractivity contribution in [3.63, 3.8) is 0 Å². The number of para-hydroxylation sites is 1. The highest BCUT2D eigenvalue weighted by atomic mass is 16.3. The van der Waals surface area contributed by atoms with E-state index in [1.54, 1.807) is 25.1 Å². The number of aromatic hydroxyl groups is 1. The molecule has 1 atom stereocenters. The van der Waals surface area contributed by atoms with Crippen LogP contribution in [0.5, 0.6) is 5.75 Å². The van der Waals surface area contributed by atoms with Crippen molar-refractivity contribution in [2.24, 2.45) is 5.92 Å². The van der Waals surface area contributed by atoms with Gasteiger partial charge >= 0.3 is 0 Å². The first kappa shape index (κ1) is 13.6.